The quantitative estimate of drug-likeness (QED) is 0.220. The van der Waals surface area contributed by atoms with Gasteiger partial charge in [0.2, 0.25) is 5.91 Å². The van der Waals surface area contributed by atoms with Crippen molar-refractivity contribution in [3.63, 3.8) is 0 Å². The second kappa shape index (κ2) is 10.1. The van der Waals surface area contributed by atoms with Gasteiger partial charge in [-0.25, -0.2) is 17.8 Å². The lowest BCUT2D eigenvalue weighted by atomic mass is 10.3. The molecule has 0 saturated carbocycles. The second-order valence-corrected chi connectivity index (χ2v) is 11.2. The molecule has 0 aliphatic rings. The van der Waals surface area contributed by atoms with E-state index in [0.29, 0.717) is 10.9 Å². The van der Waals surface area contributed by atoms with Crippen LogP contribution >= 0.6 is 23.1 Å². The molecule has 0 fully saturated rings. The fourth-order valence-electron chi connectivity index (χ4n) is 3.32. The standard InChI is InChI=1S/C23H21FN2O4S3/c1-31-19-6-2-7-20-22(19)25-23(32-20)26(15-17-5-3-13-30-17)21(27)8-4-14-33(28,29)18-11-9-16(24)10-12-18/h2-3,5-7,9-13H,4,8,14-15H2,1H3. The number of furan rings is 1. The van der Waals surface area contributed by atoms with Gasteiger partial charge >= 0.3 is 0 Å². The lowest BCUT2D eigenvalue weighted by Gasteiger charge is -2.18. The molecule has 0 aliphatic heterocycles. The lowest BCUT2D eigenvalue weighted by molar-refractivity contribution is -0.118. The molecule has 0 saturated heterocycles. The maximum atomic E-state index is 13.2. The van der Waals surface area contributed by atoms with Crippen LogP contribution < -0.4 is 4.90 Å². The number of sulfone groups is 1. The van der Waals surface area contributed by atoms with E-state index in [2.05, 4.69) is 0 Å². The molecule has 4 rings (SSSR count). The summed E-state index contributed by atoms with van der Waals surface area (Å²) < 4.78 is 44.6. The van der Waals surface area contributed by atoms with Crippen molar-refractivity contribution in [2.24, 2.45) is 0 Å². The third-order valence-corrected chi connectivity index (χ3v) is 8.62. The number of nitrogens with zero attached hydrogens (tertiary/aromatic N) is 2. The Bertz CT molecular complexity index is 1350. The first kappa shape index (κ1) is 23.5. The molecule has 0 aliphatic carbocycles. The molecule has 0 bridgehead atoms. The molecule has 2 aromatic carbocycles. The summed E-state index contributed by atoms with van der Waals surface area (Å²) >= 11 is 2.99. The topological polar surface area (TPSA) is 80.5 Å². The van der Waals surface area contributed by atoms with Crippen LogP contribution in [-0.2, 0) is 21.2 Å². The Kier molecular flexibility index (Phi) is 7.16. The van der Waals surface area contributed by atoms with Crippen molar-refractivity contribution in [2.45, 2.75) is 29.2 Å². The number of thioether (sulfide) groups is 1. The Morgan fingerprint density at radius 3 is 2.64 bits per heavy atom. The minimum absolute atomic E-state index is 0.0203. The first-order valence-corrected chi connectivity index (χ1v) is 13.8. The normalized spacial score (nSPS) is 11.7. The van der Waals surface area contributed by atoms with Crippen LogP contribution in [0.4, 0.5) is 9.52 Å². The van der Waals surface area contributed by atoms with Crippen LogP contribution in [0, 0.1) is 5.82 Å². The summed E-state index contributed by atoms with van der Waals surface area (Å²) in [4.78, 5) is 20.5. The van der Waals surface area contributed by atoms with E-state index in [1.807, 2.05) is 24.5 Å². The lowest BCUT2D eigenvalue weighted by Crippen LogP contribution is -2.30. The highest BCUT2D eigenvalue weighted by Crippen LogP contribution is 2.35. The predicted octanol–water partition coefficient (Wildman–Crippen LogP) is 5.54. The summed E-state index contributed by atoms with van der Waals surface area (Å²) in [6.07, 6.45) is 3.67. The van der Waals surface area contributed by atoms with E-state index in [-0.39, 0.29) is 35.9 Å². The van der Waals surface area contributed by atoms with Crippen LogP contribution in [0.3, 0.4) is 0 Å². The van der Waals surface area contributed by atoms with E-state index in [0.717, 1.165) is 27.2 Å². The summed E-state index contributed by atoms with van der Waals surface area (Å²) in [6.45, 7) is 0.199. The number of hydrogen-bond donors (Lipinski definition) is 0. The zero-order chi connectivity index (χ0) is 23.4. The smallest absolute Gasteiger partial charge is 0.229 e. The average molecular weight is 505 g/mol. The summed E-state index contributed by atoms with van der Waals surface area (Å²) in [5.74, 6) is -0.356. The molecular weight excluding hydrogens is 483 g/mol. The summed E-state index contributed by atoms with van der Waals surface area (Å²) in [7, 11) is -3.61. The van der Waals surface area contributed by atoms with Gasteiger partial charge in [0.05, 0.1) is 33.7 Å². The van der Waals surface area contributed by atoms with Crippen LogP contribution in [0.15, 0.2) is 75.1 Å². The molecule has 172 valence electrons. The molecule has 2 heterocycles. The van der Waals surface area contributed by atoms with Gasteiger partial charge in [-0.2, -0.15) is 0 Å². The van der Waals surface area contributed by atoms with Gasteiger partial charge in [0.15, 0.2) is 15.0 Å². The highest BCUT2D eigenvalue weighted by molar-refractivity contribution is 7.98. The number of benzene rings is 2. The first-order valence-electron chi connectivity index (χ1n) is 10.1. The highest BCUT2D eigenvalue weighted by atomic mass is 32.2. The number of para-hydroxylation sites is 1. The molecule has 0 radical (unpaired) electrons. The van der Waals surface area contributed by atoms with Crippen molar-refractivity contribution in [3.05, 3.63) is 72.4 Å². The second-order valence-electron chi connectivity index (χ2n) is 7.24. The first-order chi connectivity index (χ1) is 15.9. The molecule has 0 N–H and O–H groups in total. The van der Waals surface area contributed by atoms with E-state index >= 15 is 0 Å². The zero-order valence-corrected chi connectivity index (χ0v) is 20.2. The number of aromatic nitrogens is 1. The fraction of sp³-hybridized carbons (Fsp3) is 0.217. The third-order valence-electron chi connectivity index (χ3n) is 4.99. The maximum absolute atomic E-state index is 13.2. The molecule has 4 aromatic rings. The Hall–Kier alpha value is -2.69. The van der Waals surface area contributed by atoms with Gasteiger partial charge in [0.1, 0.15) is 11.6 Å². The minimum atomic E-state index is -3.61. The molecule has 6 nitrogen and oxygen atoms in total. The summed E-state index contributed by atoms with van der Waals surface area (Å²) in [5, 5.41) is 0.536. The number of carbonyl (C=O) groups excluding carboxylic acids is 1. The Labute approximate surface area is 199 Å². The van der Waals surface area contributed by atoms with Gasteiger partial charge < -0.3 is 4.42 Å². The van der Waals surface area contributed by atoms with Crippen LogP contribution in [0.1, 0.15) is 18.6 Å². The molecule has 1 amide bonds. The average Bonchev–Trinajstić information content (AvgIpc) is 3.47. The SMILES string of the molecule is CSc1cccc2sc(N(Cc3ccco3)C(=O)CCCS(=O)(=O)c3ccc(F)cc3)nc12. The largest absolute Gasteiger partial charge is 0.467 e. The molecular formula is C23H21FN2O4S3. The molecule has 10 heteroatoms. The number of fused-ring (bicyclic) bond motifs is 1. The number of thiazole rings is 1. The molecule has 0 atom stereocenters. The van der Waals surface area contributed by atoms with Crippen LogP contribution in [0.2, 0.25) is 0 Å². The van der Waals surface area contributed by atoms with Crippen molar-refractivity contribution in [2.75, 3.05) is 16.9 Å². The van der Waals surface area contributed by atoms with Crippen LogP contribution in [0.25, 0.3) is 10.2 Å². The predicted molar refractivity (Wildman–Crippen MR) is 129 cm³/mol. The van der Waals surface area contributed by atoms with Gasteiger partial charge in [0.25, 0.3) is 0 Å². The molecule has 2 aromatic heterocycles. The number of amides is 1. The van der Waals surface area contributed by atoms with Gasteiger partial charge in [0, 0.05) is 11.3 Å². The van der Waals surface area contributed by atoms with Crippen molar-refractivity contribution in [1.29, 1.82) is 0 Å². The highest BCUT2D eigenvalue weighted by Gasteiger charge is 2.23. The van der Waals surface area contributed by atoms with Gasteiger partial charge in [-0.15, -0.1) is 11.8 Å². The molecule has 0 spiro atoms. The van der Waals surface area contributed by atoms with Gasteiger partial charge in [-0.1, -0.05) is 17.4 Å². The Morgan fingerprint density at radius 2 is 1.94 bits per heavy atom. The van der Waals surface area contributed by atoms with Crippen LogP contribution in [-0.4, -0.2) is 31.3 Å². The van der Waals surface area contributed by atoms with E-state index in [9.17, 15) is 17.6 Å². The van der Waals surface area contributed by atoms with Gasteiger partial charge in [-0.3, -0.25) is 9.69 Å². The summed E-state index contributed by atoms with van der Waals surface area (Å²) in [5.41, 5.74) is 0.834. The number of carbonyl (C=O) groups is 1. The number of halogens is 1. The maximum Gasteiger partial charge on any atom is 0.229 e. The van der Waals surface area contributed by atoms with Crippen molar-refractivity contribution >= 4 is 54.2 Å². The minimum Gasteiger partial charge on any atom is -0.467 e. The van der Waals surface area contributed by atoms with Crippen LogP contribution in [0.5, 0.6) is 0 Å². The van der Waals surface area contributed by atoms with E-state index in [4.69, 9.17) is 9.40 Å². The monoisotopic (exact) mass is 504 g/mol. The Morgan fingerprint density at radius 1 is 1.15 bits per heavy atom. The van der Waals surface area contributed by atoms with Gasteiger partial charge in [-0.05, 0) is 61.2 Å². The van der Waals surface area contributed by atoms with Crippen molar-refractivity contribution in [3.8, 4) is 0 Å². The summed E-state index contributed by atoms with van der Waals surface area (Å²) in [6, 6.07) is 14.1. The van der Waals surface area contributed by atoms with E-state index in [1.165, 1.54) is 34.6 Å². The van der Waals surface area contributed by atoms with Crippen molar-refractivity contribution < 1.29 is 22.0 Å². The number of hydrogen-bond acceptors (Lipinski definition) is 7. The molecule has 33 heavy (non-hydrogen) atoms. The van der Waals surface area contributed by atoms with Crippen molar-refractivity contribution in [1.82, 2.24) is 4.98 Å². The number of anilines is 1. The zero-order valence-electron chi connectivity index (χ0n) is 17.7. The van der Waals surface area contributed by atoms with E-state index < -0.39 is 15.7 Å². The Balaban J connectivity index is 1.52. The number of rotatable bonds is 9. The molecule has 0 unspecified atom stereocenters. The fourth-order valence-corrected chi connectivity index (χ4v) is 6.27. The van der Waals surface area contributed by atoms with E-state index in [1.54, 1.807) is 23.9 Å². The third kappa shape index (κ3) is 5.45.